The van der Waals surface area contributed by atoms with Crippen LogP contribution in [0.3, 0.4) is 0 Å². The van der Waals surface area contributed by atoms with Crippen LogP contribution in [0.1, 0.15) is 13.3 Å². The van der Waals surface area contributed by atoms with Crippen LogP contribution in [0, 0.1) is 10.1 Å². The van der Waals surface area contributed by atoms with Gasteiger partial charge in [0.15, 0.2) is 0 Å². The minimum atomic E-state index is -0.445. The average molecular weight is 304 g/mol. The largest absolute Gasteiger partial charge is 0.492 e. The van der Waals surface area contributed by atoms with Gasteiger partial charge in [-0.25, -0.2) is 0 Å². The molecule has 0 aromatic heterocycles. The van der Waals surface area contributed by atoms with E-state index in [1.54, 1.807) is 6.07 Å². The van der Waals surface area contributed by atoms with Crippen LogP contribution in [0.2, 0.25) is 0 Å². The minimum absolute atomic E-state index is 0.0213. The second-order valence-corrected chi connectivity index (χ2v) is 4.13. The van der Waals surface area contributed by atoms with E-state index in [4.69, 9.17) is 9.47 Å². The van der Waals surface area contributed by atoms with Crippen molar-refractivity contribution in [2.24, 2.45) is 0 Å². The van der Waals surface area contributed by atoms with Crippen molar-refractivity contribution in [2.45, 2.75) is 13.3 Å². The number of nitro groups is 1. The van der Waals surface area contributed by atoms with E-state index in [9.17, 15) is 10.1 Å². The molecule has 0 aliphatic carbocycles. The number of benzene rings is 1. The van der Waals surface area contributed by atoms with E-state index < -0.39 is 4.92 Å². The number of ether oxygens (including phenoxy) is 2. The summed E-state index contributed by atoms with van der Waals surface area (Å²) in [4.78, 5) is 10.1. The quantitative estimate of drug-likeness (QED) is 0.441. The third-order valence-corrected chi connectivity index (χ3v) is 2.68. The molecule has 0 aliphatic rings. The molecule has 0 bridgehead atoms. The van der Waals surface area contributed by atoms with Gasteiger partial charge >= 0.3 is 0 Å². The molecule has 0 fully saturated rings. The predicted octanol–water partition coefficient (Wildman–Crippen LogP) is 3.16. The average Bonchev–Trinajstić information content (AvgIpc) is 2.30. The highest BCUT2D eigenvalue weighted by molar-refractivity contribution is 9.10. The fourth-order valence-electron chi connectivity index (χ4n) is 1.20. The van der Waals surface area contributed by atoms with Crippen molar-refractivity contribution in [2.75, 3.05) is 19.8 Å². The van der Waals surface area contributed by atoms with E-state index in [1.807, 2.05) is 6.92 Å². The lowest BCUT2D eigenvalue weighted by Crippen LogP contribution is -2.03. The maximum absolute atomic E-state index is 10.6. The van der Waals surface area contributed by atoms with Crippen LogP contribution in [0.25, 0.3) is 0 Å². The number of hydrogen-bond acceptors (Lipinski definition) is 4. The highest BCUT2D eigenvalue weighted by Gasteiger charge is 2.10. The summed E-state index contributed by atoms with van der Waals surface area (Å²) < 4.78 is 11.3. The highest BCUT2D eigenvalue weighted by atomic mass is 79.9. The zero-order valence-electron chi connectivity index (χ0n) is 9.52. The maximum atomic E-state index is 10.6. The zero-order valence-corrected chi connectivity index (χ0v) is 11.1. The lowest BCUT2D eigenvalue weighted by atomic mass is 10.3. The molecule has 0 amide bonds. The second-order valence-electron chi connectivity index (χ2n) is 3.27. The van der Waals surface area contributed by atoms with Gasteiger partial charge in [0.05, 0.1) is 22.1 Å². The molecule has 0 atom stereocenters. The van der Waals surface area contributed by atoms with Gasteiger partial charge in [0, 0.05) is 25.7 Å². The summed E-state index contributed by atoms with van der Waals surface area (Å²) in [7, 11) is 0. The molecule has 0 saturated carbocycles. The molecule has 0 heterocycles. The Morgan fingerprint density at radius 2 is 2.18 bits per heavy atom. The molecule has 94 valence electrons. The number of nitro benzene ring substituents is 1. The molecule has 0 aliphatic heterocycles. The Morgan fingerprint density at radius 1 is 1.41 bits per heavy atom. The molecule has 17 heavy (non-hydrogen) atoms. The van der Waals surface area contributed by atoms with Gasteiger partial charge in [-0.15, -0.1) is 0 Å². The standard InChI is InChI=1S/C11H14BrNO4/c1-2-16-6-3-7-17-11-8-9(13(14)15)4-5-10(11)12/h4-5,8H,2-3,6-7H2,1H3. The monoisotopic (exact) mass is 303 g/mol. The number of halogens is 1. The van der Waals surface area contributed by atoms with Crippen molar-refractivity contribution in [3.05, 3.63) is 32.8 Å². The second kappa shape index (κ2) is 7.24. The molecule has 0 saturated heterocycles. The van der Waals surface area contributed by atoms with Gasteiger partial charge in [-0.1, -0.05) is 0 Å². The lowest BCUT2D eigenvalue weighted by molar-refractivity contribution is -0.385. The molecule has 1 aromatic rings. The first-order valence-electron chi connectivity index (χ1n) is 5.29. The van der Waals surface area contributed by atoms with Crippen molar-refractivity contribution in [3.8, 4) is 5.75 Å². The van der Waals surface area contributed by atoms with Crippen molar-refractivity contribution < 1.29 is 14.4 Å². The minimum Gasteiger partial charge on any atom is -0.492 e. The Kier molecular flexibility index (Phi) is 5.93. The highest BCUT2D eigenvalue weighted by Crippen LogP contribution is 2.29. The van der Waals surface area contributed by atoms with Crippen molar-refractivity contribution in [1.29, 1.82) is 0 Å². The molecule has 6 heteroatoms. The van der Waals surface area contributed by atoms with Crippen LogP contribution < -0.4 is 4.74 Å². The van der Waals surface area contributed by atoms with Crippen LogP contribution in [-0.4, -0.2) is 24.7 Å². The van der Waals surface area contributed by atoms with Crippen LogP contribution in [-0.2, 0) is 4.74 Å². The molecule has 1 aromatic carbocycles. The molecule has 0 N–H and O–H groups in total. The van der Waals surface area contributed by atoms with Gasteiger partial charge in [-0.3, -0.25) is 10.1 Å². The molecular weight excluding hydrogens is 290 g/mol. The van der Waals surface area contributed by atoms with Gasteiger partial charge in [0.1, 0.15) is 5.75 Å². The van der Waals surface area contributed by atoms with E-state index >= 15 is 0 Å². The van der Waals surface area contributed by atoms with Crippen LogP contribution in [0.15, 0.2) is 22.7 Å². The predicted molar refractivity (Wildman–Crippen MR) is 67.4 cm³/mol. The van der Waals surface area contributed by atoms with Gasteiger partial charge < -0.3 is 9.47 Å². The Balaban J connectivity index is 2.51. The third kappa shape index (κ3) is 4.70. The first kappa shape index (κ1) is 13.9. The summed E-state index contributed by atoms with van der Waals surface area (Å²) in [6.07, 6.45) is 0.753. The first-order valence-corrected chi connectivity index (χ1v) is 6.09. The molecule has 0 radical (unpaired) electrons. The third-order valence-electron chi connectivity index (χ3n) is 2.02. The van der Waals surface area contributed by atoms with E-state index in [2.05, 4.69) is 15.9 Å². The smallest absolute Gasteiger partial charge is 0.273 e. The lowest BCUT2D eigenvalue weighted by Gasteiger charge is -2.07. The molecule has 5 nitrogen and oxygen atoms in total. The van der Waals surface area contributed by atoms with Gasteiger partial charge in [0.2, 0.25) is 0 Å². The summed E-state index contributed by atoms with van der Waals surface area (Å²) in [6.45, 7) is 3.71. The number of nitrogens with zero attached hydrogens (tertiary/aromatic N) is 1. The summed E-state index contributed by atoms with van der Waals surface area (Å²) in [5.74, 6) is 0.482. The Bertz CT molecular complexity index is 384. The summed E-state index contributed by atoms with van der Waals surface area (Å²) in [5, 5.41) is 10.6. The van der Waals surface area contributed by atoms with E-state index in [0.717, 1.165) is 6.42 Å². The number of hydrogen-bond donors (Lipinski definition) is 0. The van der Waals surface area contributed by atoms with Crippen LogP contribution in [0.4, 0.5) is 5.69 Å². The Labute approximate surface area is 108 Å². The molecular formula is C11H14BrNO4. The molecule has 0 spiro atoms. The van der Waals surface area contributed by atoms with Crippen LogP contribution >= 0.6 is 15.9 Å². The van der Waals surface area contributed by atoms with Crippen molar-refractivity contribution >= 4 is 21.6 Å². The topological polar surface area (TPSA) is 61.6 Å². The number of non-ortho nitro benzene ring substituents is 1. The van der Waals surface area contributed by atoms with Gasteiger partial charge in [0.25, 0.3) is 5.69 Å². The number of rotatable bonds is 7. The van der Waals surface area contributed by atoms with Gasteiger partial charge in [-0.2, -0.15) is 0 Å². The Hall–Kier alpha value is -1.14. The first-order chi connectivity index (χ1) is 8.15. The molecule has 0 unspecified atom stereocenters. The summed E-state index contributed by atoms with van der Waals surface area (Å²) in [6, 6.07) is 4.44. The fourth-order valence-corrected chi connectivity index (χ4v) is 1.56. The molecule has 1 rings (SSSR count). The van der Waals surface area contributed by atoms with E-state index in [-0.39, 0.29) is 5.69 Å². The fraction of sp³-hybridized carbons (Fsp3) is 0.455. The SMILES string of the molecule is CCOCCCOc1cc([N+](=O)[O-])ccc1Br. The summed E-state index contributed by atoms with van der Waals surface area (Å²) in [5.41, 5.74) is 0.0213. The van der Waals surface area contributed by atoms with Crippen molar-refractivity contribution in [1.82, 2.24) is 0 Å². The maximum Gasteiger partial charge on any atom is 0.273 e. The van der Waals surface area contributed by atoms with Crippen LogP contribution in [0.5, 0.6) is 5.75 Å². The van der Waals surface area contributed by atoms with E-state index in [1.165, 1.54) is 12.1 Å². The summed E-state index contributed by atoms with van der Waals surface area (Å²) >= 11 is 3.28. The van der Waals surface area contributed by atoms with E-state index in [0.29, 0.717) is 30.0 Å². The Morgan fingerprint density at radius 3 is 2.82 bits per heavy atom. The van der Waals surface area contributed by atoms with Gasteiger partial charge in [-0.05, 0) is 28.9 Å². The van der Waals surface area contributed by atoms with Crippen molar-refractivity contribution in [3.63, 3.8) is 0 Å². The normalized spacial score (nSPS) is 10.2. The zero-order chi connectivity index (χ0) is 12.7.